The molecule has 0 radical (unpaired) electrons. The van der Waals surface area contributed by atoms with Crippen molar-refractivity contribution in [2.24, 2.45) is 0 Å². The summed E-state index contributed by atoms with van der Waals surface area (Å²) in [6.45, 7) is 2.65. The number of alkyl halides is 3. The lowest BCUT2D eigenvalue weighted by Gasteiger charge is -2.47. The van der Waals surface area contributed by atoms with E-state index in [-0.39, 0.29) is 5.82 Å². The number of hydrogen-bond donors (Lipinski definition) is 1. The molecular formula is C12H15F3N2O. The Morgan fingerprint density at radius 1 is 1.44 bits per heavy atom. The number of nitrogens with zero attached hydrogens (tertiary/aromatic N) is 2. The first-order chi connectivity index (χ1) is 8.34. The standard InChI is InChI=1S/C12H15F3N2O/c1-2-4-11(18)7-17(8-11)10-6-9(3-5-16-10)12(13,14)15/h3,5-6,18H,2,4,7-8H2,1H3. The predicted octanol–water partition coefficient (Wildman–Crippen LogP) is 2.45. The van der Waals surface area contributed by atoms with E-state index in [9.17, 15) is 18.3 Å². The van der Waals surface area contributed by atoms with Crippen LogP contribution in [-0.4, -0.2) is 28.8 Å². The molecule has 100 valence electrons. The van der Waals surface area contributed by atoms with Crippen LogP contribution in [0.15, 0.2) is 18.3 Å². The number of aliphatic hydroxyl groups is 1. The molecule has 0 unspecified atom stereocenters. The fraction of sp³-hybridized carbons (Fsp3) is 0.583. The van der Waals surface area contributed by atoms with Crippen LogP contribution in [0.25, 0.3) is 0 Å². The maximum Gasteiger partial charge on any atom is 0.416 e. The van der Waals surface area contributed by atoms with Gasteiger partial charge in [-0.05, 0) is 18.6 Å². The number of hydrogen-bond acceptors (Lipinski definition) is 3. The molecule has 1 aromatic heterocycles. The van der Waals surface area contributed by atoms with E-state index in [1.165, 1.54) is 0 Å². The van der Waals surface area contributed by atoms with Crippen molar-refractivity contribution in [3.05, 3.63) is 23.9 Å². The topological polar surface area (TPSA) is 36.4 Å². The van der Waals surface area contributed by atoms with E-state index in [1.54, 1.807) is 4.90 Å². The molecule has 2 heterocycles. The Bertz CT molecular complexity index is 428. The van der Waals surface area contributed by atoms with Gasteiger partial charge in [0.25, 0.3) is 0 Å². The summed E-state index contributed by atoms with van der Waals surface area (Å²) >= 11 is 0. The van der Waals surface area contributed by atoms with Crippen LogP contribution in [-0.2, 0) is 6.18 Å². The van der Waals surface area contributed by atoms with Gasteiger partial charge in [0.1, 0.15) is 5.82 Å². The minimum absolute atomic E-state index is 0.269. The number of pyridine rings is 1. The van der Waals surface area contributed by atoms with Gasteiger partial charge >= 0.3 is 6.18 Å². The van der Waals surface area contributed by atoms with Crippen LogP contribution in [0.2, 0.25) is 0 Å². The Hall–Kier alpha value is -1.30. The van der Waals surface area contributed by atoms with Crippen molar-refractivity contribution in [1.29, 1.82) is 0 Å². The highest BCUT2D eigenvalue weighted by atomic mass is 19.4. The molecular weight excluding hydrogens is 245 g/mol. The molecule has 3 nitrogen and oxygen atoms in total. The largest absolute Gasteiger partial charge is 0.416 e. The summed E-state index contributed by atoms with van der Waals surface area (Å²) in [5.41, 5.74) is -1.48. The molecule has 0 saturated carbocycles. The summed E-state index contributed by atoms with van der Waals surface area (Å²) in [6, 6.07) is 1.97. The molecule has 0 aromatic carbocycles. The summed E-state index contributed by atoms with van der Waals surface area (Å²) in [6.07, 6.45) is -1.71. The highest BCUT2D eigenvalue weighted by Gasteiger charge is 2.41. The molecule has 1 aromatic rings. The second-order valence-electron chi connectivity index (χ2n) is 4.73. The lowest BCUT2D eigenvalue weighted by atomic mass is 9.89. The van der Waals surface area contributed by atoms with Crippen molar-refractivity contribution in [2.75, 3.05) is 18.0 Å². The Kier molecular flexibility index (Phi) is 3.23. The first-order valence-corrected chi connectivity index (χ1v) is 5.85. The van der Waals surface area contributed by atoms with Crippen LogP contribution < -0.4 is 4.90 Å². The zero-order chi connectivity index (χ0) is 13.4. The molecule has 1 N–H and O–H groups in total. The van der Waals surface area contributed by atoms with Crippen molar-refractivity contribution in [3.63, 3.8) is 0 Å². The van der Waals surface area contributed by atoms with Gasteiger partial charge < -0.3 is 10.0 Å². The Morgan fingerprint density at radius 3 is 2.67 bits per heavy atom. The second kappa shape index (κ2) is 4.42. The van der Waals surface area contributed by atoms with Crippen molar-refractivity contribution in [3.8, 4) is 0 Å². The van der Waals surface area contributed by atoms with E-state index >= 15 is 0 Å². The van der Waals surface area contributed by atoms with E-state index in [1.807, 2.05) is 6.92 Å². The van der Waals surface area contributed by atoms with Crippen molar-refractivity contribution < 1.29 is 18.3 Å². The molecule has 0 atom stereocenters. The average molecular weight is 260 g/mol. The number of halogens is 3. The summed E-state index contributed by atoms with van der Waals surface area (Å²) in [5.74, 6) is 0.269. The van der Waals surface area contributed by atoms with Crippen LogP contribution in [0.3, 0.4) is 0 Å². The Morgan fingerprint density at radius 2 is 2.11 bits per heavy atom. The van der Waals surface area contributed by atoms with Crippen LogP contribution in [0, 0.1) is 0 Å². The summed E-state index contributed by atoms with van der Waals surface area (Å²) in [5, 5.41) is 9.98. The second-order valence-corrected chi connectivity index (χ2v) is 4.73. The van der Waals surface area contributed by atoms with Gasteiger partial charge in [0.2, 0.25) is 0 Å². The third kappa shape index (κ3) is 2.58. The zero-order valence-corrected chi connectivity index (χ0v) is 10.0. The lowest BCUT2D eigenvalue weighted by molar-refractivity contribution is -0.137. The van der Waals surface area contributed by atoms with Gasteiger partial charge in [-0.3, -0.25) is 0 Å². The molecule has 6 heteroatoms. The predicted molar refractivity (Wildman–Crippen MR) is 61.3 cm³/mol. The molecule has 1 aliphatic rings. The number of aromatic nitrogens is 1. The SMILES string of the molecule is CCCC1(O)CN(c2cc(C(F)(F)F)ccn2)C1. The Balaban J connectivity index is 2.08. The van der Waals surface area contributed by atoms with E-state index < -0.39 is 17.3 Å². The van der Waals surface area contributed by atoms with Gasteiger partial charge in [0.05, 0.1) is 11.2 Å². The maximum atomic E-state index is 12.5. The molecule has 1 aliphatic heterocycles. The van der Waals surface area contributed by atoms with Gasteiger partial charge in [-0.15, -0.1) is 0 Å². The smallest absolute Gasteiger partial charge is 0.386 e. The third-order valence-electron chi connectivity index (χ3n) is 3.08. The highest BCUT2D eigenvalue weighted by Crippen LogP contribution is 2.34. The first-order valence-electron chi connectivity index (χ1n) is 5.85. The van der Waals surface area contributed by atoms with E-state index in [0.29, 0.717) is 19.5 Å². The fourth-order valence-electron chi connectivity index (χ4n) is 2.22. The molecule has 0 aliphatic carbocycles. The Labute approximate surface area is 103 Å². The molecule has 0 spiro atoms. The van der Waals surface area contributed by atoms with Gasteiger partial charge in [-0.1, -0.05) is 13.3 Å². The minimum Gasteiger partial charge on any atom is -0.386 e. The molecule has 1 fully saturated rings. The number of anilines is 1. The van der Waals surface area contributed by atoms with E-state index in [0.717, 1.165) is 24.8 Å². The van der Waals surface area contributed by atoms with Crippen LogP contribution >= 0.6 is 0 Å². The van der Waals surface area contributed by atoms with E-state index in [2.05, 4.69) is 4.98 Å². The maximum absolute atomic E-state index is 12.5. The van der Waals surface area contributed by atoms with Gasteiger partial charge in [0, 0.05) is 19.3 Å². The highest BCUT2D eigenvalue weighted by molar-refractivity contribution is 5.46. The fourth-order valence-corrected chi connectivity index (χ4v) is 2.22. The monoisotopic (exact) mass is 260 g/mol. The van der Waals surface area contributed by atoms with Crippen LogP contribution in [0.5, 0.6) is 0 Å². The quantitative estimate of drug-likeness (QED) is 0.907. The molecule has 1 saturated heterocycles. The number of rotatable bonds is 3. The molecule has 2 rings (SSSR count). The zero-order valence-electron chi connectivity index (χ0n) is 10.0. The third-order valence-corrected chi connectivity index (χ3v) is 3.08. The normalized spacial score (nSPS) is 18.6. The molecule has 18 heavy (non-hydrogen) atoms. The lowest BCUT2D eigenvalue weighted by Crippen LogP contribution is -2.62. The van der Waals surface area contributed by atoms with Gasteiger partial charge in [-0.25, -0.2) is 4.98 Å². The minimum atomic E-state index is -4.36. The first kappa shape index (κ1) is 13.1. The summed E-state index contributed by atoms with van der Waals surface area (Å²) < 4.78 is 37.6. The summed E-state index contributed by atoms with van der Waals surface area (Å²) in [4.78, 5) is 5.57. The molecule has 0 bridgehead atoms. The average Bonchev–Trinajstić information content (AvgIpc) is 2.25. The number of β-amino-alcohol motifs (C(OH)–C–C–N with tert-alkyl or cyclic N) is 1. The van der Waals surface area contributed by atoms with Crippen molar-refractivity contribution >= 4 is 5.82 Å². The van der Waals surface area contributed by atoms with Crippen LogP contribution in [0.4, 0.5) is 19.0 Å². The van der Waals surface area contributed by atoms with Crippen LogP contribution in [0.1, 0.15) is 25.3 Å². The van der Waals surface area contributed by atoms with Gasteiger partial charge in [0.15, 0.2) is 0 Å². The van der Waals surface area contributed by atoms with Crippen molar-refractivity contribution in [2.45, 2.75) is 31.5 Å². The molecule has 0 amide bonds. The van der Waals surface area contributed by atoms with Crippen molar-refractivity contribution in [1.82, 2.24) is 4.98 Å². The van der Waals surface area contributed by atoms with E-state index in [4.69, 9.17) is 0 Å². The summed E-state index contributed by atoms with van der Waals surface area (Å²) in [7, 11) is 0. The van der Waals surface area contributed by atoms with Gasteiger partial charge in [-0.2, -0.15) is 13.2 Å².